The van der Waals surface area contributed by atoms with Crippen molar-refractivity contribution in [2.75, 3.05) is 0 Å². The second-order valence-electron chi connectivity index (χ2n) is 5.89. The van der Waals surface area contributed by atoms with Gasteiger partial charge in [0, 0.05) is 11.8 Å². The molecule has 0 amide bonds. The van der Waals surface area contributed by atoms with Gasteiger partial charge in [-0.25, -0.2) is 0 Å². The summed E-state index contributed by atoms with van der Waals surface area (Å²) in [6.07, 6.45) is 9.32. The van der Waals surface area contributed by atoms with Crippen LogP contribution in [0.5, 0.6) is 0 Å². The Morgan fingerprint density at radius 3 is 1.62 bits per heavy atom. The average Bonchev–Trinajstić information content (AvgIpc) is 3.11. The van der Waals surface area contributed by atoms with E-state index in [9.17, 15) is 0 Å². The van der Waals surface area contributed by atoms with Crippen LogP contribution in [0.15, 0.2) is 60.7 Å². The minimum atomic E-state index is 0. The zero-order valence-corrected chi connectivity index (χ0v) is 14.6. The summed E-state index contributed by atoms with van der Waals surface area (Å²) in [7, 11) is 0. The van der Waals surface area contributed by atoms with E-state index in [2.05, 4.69) is 79.8 Å². The van der Waals surface area contributed by atoms with Crippen molar-refractivity contribution in [1.82, 2.24) is 0 Å². The van der Waals surface area contributed by atoms with Crippen molar-refractivity contribution >= 4 is 12.2 Å². The number of fused-ring (bicyclic) bond motifs is 2. The number of rotatable bonds is 2. The van der Waals surface area contributed by atoms with Gasteiger partial charge in [0.25, 0.3) is 0 Å². The Hall–Kier alpha value is -1.20. The maximum absolute atomic E-state index is 2.38. The summed E-state index contributed by atoms with van der Waals surface area (Å²) in [6.45, 7) is 2.38. The summed E-state index contributed by atoms with van der Waals surface area (Å²) in [5.41, 5.74) is 5.75. The molecule has 2 atom stereocenters. The molecular weight excluding hydrogens is 331 g/mol. The summed E-state index contributed by atoms with van der Waals surface area (Å²) in [5, 5.41) is 0. The molecule has 0 spiro atoms. The Bertz CT molecular complexity index is 650. The van der Waals surface area contributed by atoms with Crippen molar-refractivity contribution in [2.24, 2.45) is 5.92 Å². The molecule has 0 saturated heterocycles. The normalized spacial score (nSPS) is 22.5. The minimum absolute atomic E-state index is 0. The molecule has 0 aliphatic heterocycles. The van der Waals surface area contributed by atoms with Crippen molar-refractivity contribution < 1.29 is 26.2 Å². The summed E-state index contributed by atoms with van der Waals surface area (Å²) in [6, 6.07) is 17.6. The van der Waals surface area contributed by atoms with Gasteiger partial charge in [-0.1, -0.05) is 79.8 Å². The molecule has 2 aromatic carbocycles. The van der Waals surface area contributed by atoms with Crippen molar-refractivity contribution in [2.45, 2.75) is 18.8 Å². The van der Waals surface area contributed by atoms with Crippen LogP contribution in [0.4, 0.5) is 0 Å². The van der Waals surface area contributed by atoms with E-state index in [-0.39, 0.29) is 26.2 Å². The van der Waals surface area contributed by atoms with Crippen LogP contribution in [0, 0.1) is 5.92 Å². The van der Waals surface area contributed by atoms with Gasteiger partial charge in [-0.15, -0.1) is 0 Å². The Balaban J connectivity index is 0.00000132. The first-order valence-corrected chi connectivity index (χ1v) is 7.39. The first kappa shape index (κ1) is 14.7. The van der Waals surface area contributed by atoms with Gasteiger partial charge >= 0.3 is 26.2 Å². The minimum Gasteiger partial charge on any atom is -0.0761 e. The number of allylic oxidation sites excluding steroid dienone is 2. The Kier molecular flexibility index (Phi) is 4.13. The van der Waals surface area contributed by atoms with Crippen molar-refractivity contribution in [1.29, 1.82) is 0 Å². The van der Waals surface area contributed by atoms with E-state index in [4.69, 9.17) is 0 Å². The third kappa shape index (κ3) is 2.42. The summed E-state index contributed by atoms with van der Waals surface area (Å²) in [5.74, 6) is 1.66. The fourth-order valence-corrected chi connectivity index (χ4v) is 3.69. The van der Waals surface area contributed by atoms with Gasteiger partial charge in [-0.3, -0.25) is 0 Å². The summed E-state index contributed by atoms with van der Waals surface area (Å²) < 4.78 is 0. The third-order valence-corrected chi connectivity index (χ3v) is 4.81. The molecule has 0 bridgehead atoms. The SMILES string of the molecule is CC(C1C=Cc2ccccc21)C1C=Cc2ccccc21.[Zr+2]. The van der Waals surface area contributed by atoms with Crippen LogP contribution in [0.2, 0.25) is 0 Å². The second kappa shape index (κ2) is 5.89. The molecule has 0 saturated carbocycles. The van der Waals surface area contributed by atoms with E-state index in [1.807, 2.05) is 0 Å². The Labute approximate surface area is 145 Å². The van der Waals surface area contributed by atoms with Crippen LogP contribution < -0.4 is 0 Å². The molecule has 100 valence electrons. The fraction of sp³-hybridized carbons (Fsp3) is 0.200. The monoisotopic (exact) mass is 348 g/mol. The molecule has 21 heavy (non-hydrogen) atoms. The molecule has 0 aromatic heterocycles. The van der Waals surface area contributed by atoms with Crippen LogP contribution in [0.3, 0.4) is 0 Å². The molecule has 1 heteroatoms. The molecule has 4 rings (SSSR count). The topological polar surface area (TPSA) is 0 Å². The molecule has 0 radical (unpaired) electrons. The van der Waals surface area contributed by atoms with Gasteiger partial charge in [-0.2, -0.15) is 0 Å². The average molecular weight is 350 g/mol. The number of benzene rings is 2. The van der Waals surface area contributed by atoms with E-state index in [0.717, 1.165) is 0 Å². The quantitative estimate of drug-likeness (QED) is 0.695. The number of hydrogen-bond acceptors (Lipinski definition) is 0. The summed E-state index contributed by atoms with van der Waals surface area (Å²) >= 11 is 0. The molecule has 0 heterocycles. The Morgan fingerprint density at radius 2 is 1.14 bits per heavy atom. The zero-order chi connectivity index (χ0) is 13.5. The van der Waals surface area contributed by atoms with E-state index in [0.29, 0.717) is 17.8 Å². The van der Waals surface area contributed by atoms with E-state index < -0.39 is 0 Å². The number of hydrogen-bond donors (Lipinski definition) is 0. The van der Waals surface area contributed by atoms with Crippen molar-refractivity contribution in [3.8, 4) is 0 Å². The maximum Gasteiger partial charge on any atom is 2.00 e. The first-order valence-electron chi connectivity index (χ1n) is 7.39. The Morgan fingerprint density at radius 1 is 0.714 bits per heavy atom. The maximum atomic E-state index is 2.38. The molecule has 0 nitrogen and oxygen atoms in total. The van der Waals surface area contributed by atoms with Gasteiger partial charge in [-0.05, 0) is 28.2 Å². The van der Waals surface area contributed by atoms with Crippen molar-refractivity contribution in [3.63, 3.8) is 0 Å². The molecule has 2 unspecified atom stereocenters. The van der Waals surface area contributed by atoms with Crippen molar-refractivity contribution in [3.05, 3.63) is 82.9 Å². The largest absolute Gasteiger partial charge is 2.00 e. The van der Waals surface area contributed by atoms with Gasteiger partial charge in [0.15, 0.2) is 0 Å². The smallest absolute Gasteiger partial charge is 0.0761 e. The zero-order valence-electron chi connectivity index (χ0n) is 12.2. The van der Waals surface area contributed by atoms with Crippen LogP contribution in [-0.4, -0.2) is 0 Å². The van der Waals surface area contributed by atoms with Crippen LogP contribution >= 0.6 is 0 Å². The van der Waals surface area contributed by atoms with Crippen LogP contribution in [0.1, 0.15) is 41.0 Å². The van der Waals surface area contributed by atoms with Crippen LogP contribution in [-0.2, 0) is 26.2 Å². The molecule has 0 N–H and O–H groups in total. The molecule has 0 fully saturated rings. The molecule has 2 aliphatic carbocycles. The molecule has 2 aliphatic rings. The first-order chi connectivity index (χ1) is 9.84. The van der Waals surface area contributed by atoms with Gasteiger partial charge in [0.1, 0.15) is 0 Å². The van der Waals surface area contributed by atoms with Gasteiger partial charge < -0.3 is 0 Å². The third-order valence-electron chi connectivity index (χ3n) is 4.81. The van der Waals surface area contributed by atoms with E-state index in [1.165, 1.54) is 22.3 Å². The summed E-state index contributed by atoms with van der Waals surface area (Å²) in [4.78, 5) is 0. The predicted octanol–water partition coefficient (Wildman–Crippen LogP) is 5.24. The predicted molar refractivity (Wildman–Crippen MR) is 85.6 cm³/mol. The standard InChI is InChI=1S/C20H18.Zr/c1-14(17-12-10-15-6-2-4-8-19(15)17)18-13-11-16-7-3-5-9-20(16)18;/h2-14,17-18H,1H3;/q;+2. The fourth-order valence-electron chi connectivity index (χ4n) is 3.69. The second-order valence-corrected chi connectivity index (χ2v) is 5.89. The van der Waals surface area contributed by atoms with Crippen LogP contribution in [0.25, 0.3) is 12.2 Å². The van der Waals surface area contributed by atoms with E-state index in [1.54, 1.807) is 0 Å². The molecule has 2 aromatic rings. The van der Waals surface area contributed by atoms with E-state index >= 15 is 0 Å². The molecular formula is C20H18Zr+2. The van der Waals surface area contributed by atoms with Gasteiger partial charge in [0.05, 0.1) is 0 Å². The van der Waals surface area contributed by atoms with Gasteiger partial charge in [0.2, 0.25) is 0 Å².